The Morgan fingerprint density at radius 1 is 0.897 bits per heavy atom. The maximum Gasteiger partial charge on any atom is 0.274 e. The van der Waals surface area contributed by atoms with Gasteiger partial charge in [0.05, 0.1) is 11.6 Å². The summed E-state index contributed by atoms with van der Waals surface area (Å²) in [6, 6.07) is 23.0. The Bertz CT molecular complexity index is 1020. The van der Waals surface area contributed by atoms with E-state index in [0.717, 1.165) is 31.9 Å². The summed E-state index contributed by atoms with van der Waals surface area (Å²) in [7, 11) is 0. The van der Waals surface area contributed by atoms with Crippen LogP contribution in [-0.2, 0) is 0 Å². The van der Waals surface area contributed by atoms with E-state index in [1.165, 1.54) is 5.69 Å². The number of carbonyl (C=O) groups excluding carboxylic acids is 1. The molecule has 1 aromatic heterocycles. The topological polar surface area (TPSA) is 72.3 Å². The second-order valence-corrected chi connectivity index (χ2v) is 6.85. The predicted octanol–water partition coefficient (Wildman–Crippen LogP) is 3.53. The summed E-state index contributed by atoms with van der Waals surface area (Å²) in [6.45, 7) is 3.63. The lowest BCUT2D eigenvalue weighted by atomic mass is 10.2. The van der Waals surface area contributed by atoms with Gasteiger partial charge in [0.2, 0.25) is 0 Å². The summed E-state index contributed by atoms with van der Waals surface area (Å²) in [5, 5.41) is 11.7. The molecule has 0 aliphatic carbocycles. The number of benzene rings is 2. The molecule has 144 valence electrons. The number of hydrogen-bond acceptors (Lipinski definition) is 5. The third kappa shape index (κ3) is 4.36. The van der Waals surface area contributed by atoms with Gasteiger partial charge in [-0.25, -0.2) is 0 Å². The lowest BCUT2D eigenvalue weighted by Crippen LogP contribution is -2.46. The van der Waals surface area contributed by atoms with E-state index in [2.05, 4.69) is 50.4 Å². The van der Waals surface area contributed by atoms with E-state index in [4.69, 9.17) is 5.26 Å². The van der Waals surface area contributed by atoms with E-state index in [-0.39, 0.29) is 5.91 Å². The number of carbonyl (C=O) groups is 1. The first-order valence-corrected chi connectivity index (χ1v) is 9.55. The maximum absolute atomic E-state index is 12.6. The van der Waals surface area contributed by atoms with Crippen molar-refractivity contribution >= 4 is 23.0 Å². The summed E-state index contributed by atoms with van der Waals surface area (Å²) < 4.78 is 0. The molecule has 1 aliphatic heterocycles. The zero-order chi connectivity index (χ0) is 20.1. The molecule has 1 N–H and O–H groups in total. The molecule has 0 bridgehead atoms. The van der Waals surface area contributed by atoms with Crippen molar-refractivity contribution in [1.82, 2.24) is 4.98 Å². The molecule has 29 heavy (non-hydrogen) atoms. The Balaban J connectivity index is 1.41. The van der Waals surface area contributed by atoms with Gasteiger partial charge in [-0.2, -0.15) is 5.26 Å². The molecule has 1 aliphatic rings. The Morgan fingerprint density at radius 3 is 2.21 bits per heavy atom. The minimum atomic E-state index is -0.264. The molecule has 0 saturated carbocycles. The molecule has 4 rings (SSSR count). The number of nitrogens with one attached hydrogen (secondary N) is 1. The van der Waals surface area contributed by atoms with Gasteiger partial charge in [0, 0.05) is 49.4 Å². The number of piperazine rings is 1. The second kappa shape index (κ2) is 8.44. The highest BCUT2D eigenvalue weighted by molar-refractivity contribution is 6.03. The van der Waals surface area contributed by atoms with Crippen molar-refractivity contribution in [3.63, 3.8) is 0 Å². The number of rotatable bonds is 4. The SMILES string of the molecule is N#Cc1ccc(NC(=O)c2cc(N3CCN(c4ccccc4)CC3)ccn2)cc1. The van der Waals surface area contributed by atoms with Gasteiger partial charge in [0.25, 0.3) is 5.91 Å². The van der Waals surface area contributed by atoms with Crippen molar-refractivity contribution in [1.29, 1.82) is 5.26 Å². The third-order valence-electron chi connectivity index (χ3n) is 5.01. The number of pyridine rings is 1. The van der Waals surface area contributed by atoms with Crippen molar-refractivity contribution < 1.29 is 4.79 Å². The van der Waals surface area contributed by atoms with Crippen molar-refractivity contribution in [2.45, 2.75) is 0 Å². The van der Waals surface area contributed by atoms with Crippen molar-refractivity contribution in [2.75, 3.05) is 41.3 Å². The van der Waals surface area contributed by atoms with Crippen LogP contribution in [0.5, 0.6) is 0 Å². The van der Waals surface area contributed by atoms with E-state index in [9.17, 15) is 4.79 Å². The highest BCUT2D eigenvalue weighted by atomic mass is 16.1. The molecule has 0 atom stereocenters. The number of hydrogen-bond donors (Lipinski definition) is 1. The van der Waals surface area contributed by atoms with Gasteiger partial charge in [-0.15, -0.1) is 0 Å². The first kappa shape index (κ1) is 18.5. The fraction of sp³-hybridized carbons (Fsp3) is 0.174. The molecule has 6 nitrogen and oxygen atoms in total. The van der Waals surface area contributed by atoms with Gasteiger partial charge in [0.1, 0.15) is 5.69 Å². The first-order valence-electron chi connectivity index (χ1n) is 9.55. The average Bonchev–Trinajstić information content (AvgIpc) is 2.80. The molecule has 1 saturated heterocycles. The minimum Gasteiger partial charge on any atom is -0.368 e. The van der Waals surface area contributed by atoms with Crippen LogP contribution in [0.3, 0.4) is 0 Å². The standard InChI is InChI=1S/C23H21N5O/c24-17-18-6-8-19(9-7-18)26-23(29)22-16-21(10-11-25-22)28-14-12-27(13-15-28)20-4-2-1-3-5-20/h1-11,16H,12-15H2,(H,26,29). The van der Waals surface area contributed by atoms with Crippen LogP contribution in [-0.4, -0.2) is 37.1 Å². The van der Waals surface area contributed by atoms with E-state index in [1.807, 2.05) is 18.2 Å². The molecule has 1 amide bonds. The second-order valence-electron chi connectivity index (χ2n) is 6.85. The highest BCUT2D eigenvalue weighted by Gasteiger charge is 2.18. The number of aromatic nitrogens is 1. The van der Waals surface area contributed by atoms with Gasteiger partial charge in [-0.05, 0) is 48.5 Å². The molecule has 1 fully saturated rings. The molecule has 3 aromatic rings. The summed E-state index contributed by atoms with van der Waals surface area (Å²) in [5.41, 5.74) is 3.80. The average molecular weight is 383 g/mol. The third-order valence-corrected chi connectivity index (χ3v) is 5.01. The lowest BCUT2D eigenvalue weighted by molar-refractivity contribution is 0.102. The Kier molecular flexibility index (Phi) is 5.39. The normalized spacial score (nSPS) is 13.6. The molecule has 0 unspecified atom stereocenters. The Hall–Kier alpha value is -3.85. The van der Waals surface area contributed by atoms with E-state index in [1.54, 1.807) is 30.5 Å². The van der Waals surface area contributed by atoms with Gasteiger partial charge >= 0.3 is 0 Å². The first-order chi connectivity index (χ1) is 14.2. The van der Waals surface area contributed by atoms with Gasteiger partial charge in [-0.1, -0.05) is 18.2 Å². The van der Waals surface area contributed by atoms with E-state index >= 15 is 0 Å². The summed E-state index contributed by atoms with van der Waals surface area (Å²) >= 11 is 0. The van der Waals surface area contributed by atoms with Gasteiger partial charge in [-0.3, -0.25) is 9.78 Å². The zero-order valence-electron chi connectivity index (χ0n) is 16.0. The fourth-order valence-electron chi connectivity index (χ4n) is 3.43. The van der Waals surface area contributed by atoms with Crippen LogP contribution in [0.1, 0.15) is 16.1 Å². The zero-order valence-corrected chi connectivity index (χ0v) is 16.0. The van der Waals surface area contributed by atoms with Crippen molar-refractivity contribution in [2.24, 2.45) is 0 Å². The lowest BCUT2D eigenvalue weighted by Gasteiger charge is -2.37. The smallest absolute Gasteiger partial charge is 0.274 e. The summed E-state index contributed by atoms with van der Waals surface area (Å²) in [5.74, 6) is -0.264. The number of amides is 1. The van der Waals surface area contributed by atoms with Gasteiger partial charge < -0.3 is 15.1 Å². The number of anilines is 3. The monoisotopic (exact) mass is 383 g/mol. The molecular formula is C23H21N5O. The fourth-order valence-corrected chi connectivity index (χ4v) is 3.43. The molecular weight excluding hydrogens is 362 g/mol. The van der Waals surface area contributed by atoms with E-state index in [0.29, 0.717) is 16.9 Å². The number of nitrogens with zero attached hydrogens (tertiary/aromatic N) is 4. The summed E-state index contributed by atoms with van der Waals surface area (Å²) in [6.07, 6.45) is 1.67. The number of para-hydroxylation sites is 1. The van der Waals surface area contributed by atoms with E-state index < -0.39 is 0 Å². The number of nitriles is 1. The Morgan fingerprint density at radius 2 is 1.55 bits per heavy atom. The summed E-state index contributed by atoms with van der Waals surface area (Å²) in [4.78, 5) is 21.4. The molecule has 6 heteroatoms. The highest BCUT2D eigenvalue weighted by Crippen LogP contribution is 2.21. The Labute approximate surface area is 170 Å². The van der Waals surface area contributed by atoms with Crippen molar-refractivity contribution in [3.8, 4) is 6.07 Å². The quantitative estimate of drug-likeness (QED) is 0.746. The maximum atomic E-state index is 12.6. The van der Waals surface area contributed by atoms with Gasteiger partial charge in [0.15, 0.2) is 0 Å². The van der Waals surface area contributed by atoms with Crippen LogP contribution in [0.4, 0.5) is 17.1 Å². The van der Waals surface area contributed by atoms with Crippen LogP contribution in [0.25, 0.3) is 0 Å². The van der Waals surface area contributed by atoms with Crippen LogP contribution in [0.15, 0.2) is 72.9 Å². The molecule has 0 radical (unpaired) electrons. The van der Waals surface area contributed by atoms with Crippen LogP contribution in [0, 0.1) is 11.3 Å². The predicted molar refractivity (Wildman–Crippen MR) is 114 cm³/mol. The largest absolute Gasteiger partial charge is 0.368 e. The minimum absolute atomic E-state index is 0.264. The molecule has 2 heterocycles. The molecule has 2 aromatic carbocycles. The van der Waals surface area contributed by atoms with Crippen LogP contribution in [0.2, 0.25) is 0 Å². The van der Waals surface area contributed by atoms with Crippen LogP contribution >= 0.6 is 0 Å². The van der Waals surface area contributed by atoms with Crippen molar-refractivity contribution in [3.05, 3.63) is 84.2 Å². The van der Waals surface area contributed by atoms with Crippen LogP contribution < -0.4 is 15.1 Å². The molecule has 0 spiro atoms.